The standard InChI is InChI=1S/C21H25.C13H10.C12H19.2ClH.Zr/c1-20(2,3)16-9-7-14-11-15-8-10-17(21(4,5)6)13-19(15)18(14)12-16;1-3-7-12(8-4-1)11-13-9-5-2-6-10-13;1-9(2)10-6-7-11(8-10)12(3,4)5;;;/h7-13H,1-6H3;1-10H;7-10H,1-5H3;2*1H;/q;;;;;+2/p-2. The Morgan fingerprint density at radius 1 is 0.571 bits per heavy atom. The minimum atomic E-state index is -2.89. The molecule has 0 radical (unpaired) electrons. The van der Waals surface area contributed by atoms with Crippen LogP contribution in [-0.2, 0) is 32.1 Å². The molecule has 0 saturated carbocycles. The van der Waals surface area contributed by atoms with Crippen LogP contribution >= 0.6 is 0 Å². The fraction of sp³-hybridized carbons (Fsp3) is 0.370. The minimum Gasteiger partial charge on any atom is -1.00 e. The first-order valence-corrected chi connectivity index (χ1v) is 21.5. The van der Waals surface area contributed by atoms with Crippen LogP contribution in [0.2, 0.25) is 0 Å². The molecule has 0 aromatic heterocycles. The molecule has 1 unspecified atom stereocenters. The molecule has 0 aliphatic heterocycles. The van der Waals surface area contributed by atoms with Gasteiger partial charge in [0, 0.05) is 0 Å². The van der Waals surface area contributed by atoms with E-state index < -0.39 is 21.3 Å². The number of allylic oxidation sites excluding steroid dienone is 4. The summed E-state index contributed by atoms with van der Waals surface area (Å²) in [6, 6.07) is 37.8. The molecule has 6 rings (SSSR count). The molecule has 0 nitrogen and oxygen atoms in total. The van der Waals surface area contributed by atoms with Crippen LogP contribution in [0, 0.1) is 17.3 Å². The SMILES string of the molecule is CC(C)C1C=C(C(C)(C)C)C=[C]1[Zr+2](=[C](c1ccccc1)c1ccccc1)[CH]1c2ccc(C(C)(C)C)cc2-c2cc(C(C)(C)C)ccc21.[Cl-].[Cl-]. The molecular formula is C46H54Cl2Zr. The van der Waals surface area contributed by atoms with Gasteiger partial charge >= 0.3 is 295 Å². The van der Waals surface area contributed by atoms with E-state index in [-0.39, 0.29) is 41.1 Å². The average molecular weight is 769 g/mol. The van der Waals surface area contributed by atoms with Gasteiger partial charge in [-0.3, -0.25) is 0 Å². The molecule has 0 heterocycles. The van der Waals surface area contributed by atoms with Crippen LogP contribution in [0.5, 0.6) is 0 Å². The van der Waals surface area contributed by atoms with Gasteiger partial charge in [-0.25, -0.2) is 0 Å². The number of hydrogen-bond acceptors (Lipinski definition) is 0. The van der Waals surface area contributed by atoms with E-state index in [4.69, 9.17) is 0 Å². The van der Waals surface area contributed by atoms with E-state index in [9.17, 15) is 0 Å². The molecule has 256 valence electrons. The Bertz CT molecular complexity index is 1780. The van der Waals surface area contributed by atoms with E-state index in [1.807, 2.05) is 0 Å². The maximum Gasteiger partial charge on any atom is -1.00 e. The Morgan fingerprint density at radius 3 is 1.37 bits per heavy atom. The molecule has 0 fully saturated rings. The Labute approximate surface area is 317 Å². The van der Waals surface area contributed by atoms with Crippen molar-refractivity contribution in [2.24, 2.45) is 17.3 Å². The summed E-state index contributed by atoms with van der Waals surface area (Å²) in [7, 11) is 0. The third-order valence-corrected chi connectivity index (χ3v) is 18.8. The third kappa shape index (κ3) is 7.81. The zero-order chi connectivity index (χ0) is 33.9. The molecule has 0 N–H and O–H groups in total. The van der Waals surface area contributed by atoms with Crippen molar-refractivity contribution in [1.29, 1.82) is 0 Å². The second kappa shape index (κ2) is 14.7. The van der Waals surface area contributed by atoms with Gasteiger partial charge in [0.2, 0.25) is 0 Å². The Hall–Kier alpha value is -2.31. The number of fused-ring (bicyclic) bond motifs is 3. The molecular weight excluding hydrogens is 715 g/mol. The van der Waals surface area contributed by atoms with Crippen molar-refractivity contribution in [3.8, 4) is 11.1 Å². The fourth-order valence-corrected chi connectivity index (χ4v) is 17.5. The Balaban J connectivity index is 0.00000270. The molecule has 0 amide bonds. The van der Waals surface area contributed by atoms with Gasteiger partial charge in [-0.2, -0.15) is 0 Å². The van der Waals surface area contributed by atoms with Crippen LogP contribution in [0.1, 0.15) is 113 Å². The van der Waals surface area contributed by atoms with Crippen molar-refractivity contribution in [2.45, 2.75) is 90.6 Å². The molecule has 3 heteroatoms. The summed E-state index contributed by atoms with van der Waals surface area (Å²) < 4.78 is 3.76. The summed E-state index contributed by atoms with van der Waals surface area (Å²) in [4.78, 5) is 0. The van der Waals surface area contributed by atoms with Gasteiger partial charge in [0.25, 0.3) is 0 Å². The normalized spacial score (nSPS) is 15.7. The Kier molecular flexibility index (Phi) is 11.9. The first-order valence-electron chi connectivity index (χ1n) is 17.6. The van der Waals surface area contributed by atoms with E-state index in [1.54, 1.807) is 17.6 Å². The minimum absolute atomic E-state index is 0. The molecule has 4 aromatic rings. The number of hydrogen-bond donors (Lipinski definition) is 0. The van der Waals surface area contributed by atoms with Gasteiger partial charge in [0.15, 0.2) is 0 Å². The Morgan fingerprint density at radius 2 is 1.00 bits per heavy atom. The van der Waals surface area contributed by atoms with Crippen LogP contribution in [0.15, 0.2) is 118 Å². The second-order valence-corrected chi connectivity index (χ2v) is 23.4. The van der Waals surface area contributed by atoms with E-state index in [0.717, 1.165) is 0 Å². The second-order valence-electron chi connectivity index (χ2n) is 17.3. The van der Waals surface area contributed by atoms with Crippen LogP contribution in [0.25, 0.3) is 11.1 Å². The van der Waals surface area contributed by atoms with Gasteiger partial charge < -0.3 is 24.8 Å². The summed E-state index contributed by atoms with van der Waals surface area (Å²) in [5, 5.41) is 0. The predicted octanol–water partition coefficient (Wildman–Crippen LogP) is 6.39. The molecule has 4 aromatic carbocycles. The van der Waals surface area contributed by atoms with Crippen LogP contribution in [0.3, 0.4) is 0 Å². The van der Waals surface area contributed by atoms with Gasteiger partial charge in [-0.05, 0) is 0 Å². The molecule has 0 saturated heterocycles. The van der Waals surface area contributed by atoms with Gasteiger partial charge in [-0.1, -0.05) is 0 Å². The van der Waals surface area contributed by atoms with Crippen molar-refractivity contribution in [1.82, 2.24) is 0 Å². The quantitative estimate of drug-likeness (QED) is 0.221. The largest absolute Gasteiger partial charge is 1.00 e. The summed E-state index contributed by atoms with van der Waals surface area (Å²) in [5.74, 6) is 0.993. The molecule has 1 atom stereocenters. The van der Waals surface area contributed by atoms with E-state index in [1.165, 1.54) is 39.0 Å². The maximum absolute atomic E-state index is 2.89. The van der Waals surface area contributed by atoms with Gasteiger partial charge in [0.05, 0.1) is 0 Å². The average Bonchev–Trinajstić information content (AvgIpc) is 3.60. The summed E-state index contributed by atoms with van der Waals surface area (Å²) in [6.45, 7) is 26.1. The molecule has 49 heavy (non-hydrogen) atoms. The monoisotopic (exact) mass is 766 g/mol. The number of rotatable bonds is 5. The summed E-state index contributed by atoms with van der Waals surface area (Å²) in [6.07, 6.45) is 5.34. The summed E-state index contributed by atoms with van der Waals surface area (Å²) in [5.41, 5.74) is 13.4. The molecule has 2 aliphatic carbocycles. The van der Waals surface area contributed by atoms with Crippen LogP contribution in [-0.4, -0.2) is 3.21 Å². The molecule has 0 spiro atoms. The molecule has 0 bridgehead atoms. The van der Waals surface area contributed by atoms with E-state index in [0.29, 0.717) is 15.5 Å². The van der Waals surface area contributed by atoms with Crippen molar-refractivity contribution in [3.63, 3.8) is 0 Å². The van der Waals surface area contributed by atoms with Crippen molar-refractivity contribution < 1.29 is 46.1 Å². The molecule has 2 aliphatic rings. The van der Waals surface area contributed by atoms with Gasteiger partial charge in [-0.15, -0.1) is 0 Å². The van der Waals surface area contributed by atoms with Crippen LogP contribution in [0.4, 0.5) is 0 Å². The van der Waals surface area contributed by atoms with Crippen molar-refractivity contribution >= 4 is 3.21 Å². The smallest absolute Gasteiger partial charge is 1.00 e. The third-order valence-electron chi connectivity index (χ3n) is 10.4. The predicted molar refractivity (Wildman–Crippen MR) is 201 cm³/mol. The first-order chi connectivity index (χ1) is 22.1. The van der Waals surface area contributed by atoms with Crippen molar-refractivity contribution in [2.75, 3.05) is 0 Å². The maximum atomic E-state index is 2.69. The number of benzene rings is 4. The van der Waals surface area contributed by atoms with E-state index in [2.05, 4.69) is 185 Å². The van der Waals surface area contributed by atoms with Crippen molar-refractivity contribution in [3.05, 3.63) is 151 Å². The zero-order valence-electron chi connectivity index (χ0n) is 31.4. The van der Waals surface area contributed by atoms with Gasteiger partial charge in [0.1, 0.15) is 0 Å². The van der Waals surface area contributed by atoms with Crippen LogP contribution < -0.4 is 24.8 Å². The first kappa shape index (κ1) is 39.5. The van der Waals surface area contributed by atoms with E-state index >= 15 is 0 Å². The fourth-order valence-electron chi connectivity index (χ4n) is 7.51. The summed E-state index contributed by atoms with van der Waals surface area (Å²) >= 11 is -2.89. The topological polar surface area (TPSA) is 0 Å². The number of halogens is 2. The zero-order valence-corrected chi connectivity index (χ0v) is 35.4.